The molecule has 0 aliphatic rings. The van der Waals surface area contributed by atoms with E-state index in [9.17, 15) is 13.2 Å². The molecule has 1 heterocycles. The largest absolute Gasteiger partial charge is 0.416 e. The van der Waals surface area contributed by atoms with Gasteiger partial charge in [0, 0.05) is 5.69 Å². The first-order chi connectivity index (χ1) is 8.45. The Hall–Kier alpha value is -1.82. The van der Waals surface area contributed by atoms with Crippen molar-refractivity contribution in [1.82, 2.24) is 10.2 Å². The van der Waals surface area contributed by atoms with Crippen LogP contribution in [0.15, 0.2) is 36.4 Å². The zero-order chi connectivity index (χ0) is 13.2. The first-order valence-electron chi connectivity index (χ1n) is 4.89. The summed E-state index contributed by atoms with van der Waals surface area (Å²) in [6.45, 7) is 0. The molecule has 0 saturated carbocycles. The predicted octanol–water partition coefficient (Wildman–Crippen LogP) is 3.89. The number of anilines is 2. The summed E-state index contributed by atoms with van der Waals surface area (Å²) in [7, 11) is 0. The van der Waals surface area contributed by atoms with Gasteiger partial charge in [-0.2, -0.15) is 13.2 Å². The van der Waals surface area contributed by atoms with Crippen LogP contribution in [0.5, 0.6) is 0 Å². The molecule has 94 valence electrons. The molecule has 3 nitrogen and oxygen atoms in total. The number of rotatable bonds is 2. The van der Waals surface area contributed by atoms with E-state index in [1.807, 2.05) is 0 Å². The molecule has 0 amide bonds. The van der Waals surface area contributed by atoms with Crippen LogP contribution in [-0.2, 0) is 6.18 Å². The molecular formula is C11H7ClF3N3. The van der Waals surface area contributed by atoms with Crippen LogP contribution >= 0.6 is 11.6 Å². The van der Waals surface area contributed by atoms with Crippen molar-refractivity contribution in [1.29, 1.82) is 0 Å². The minimum atomic E-state index is -4.33. The fourth-order valence-corrected chi connectivity index (χ4v) is 1.37. The van der Waals surface area contributed by atoms with Crippen LogP contribution in [-0.4, -0.2) is 10.2 Å². The van der Waals surface area contributed by atoms with Gasteiger partial charge in [0.25, 0.3) is 0 Å². The summed E-state index contributed by atoms with van der Waals surface area (Å²) in [6.07, 6.45) is -4.33. The molecule has 0 atom stereocenters. The van der Waals surface area contributed by atoms with Crippen LogP contribution in [0.2, 0.25) is 5.15 Å². The Kier molecular flexibility index (Phi) is 3.38. The van der Waals surface area contributed by atoms with Crippen molar-refractivity contribution in [3.05, 3.63) is 47.1 Å². The maximum atomic E-state index is 12.3. The van der Waals surface area contributed by atoms with Gasteiger partial charge < -0.3 is 5.32 Å². The third-order valence-electron chi connectivity index (χ3n) is 2.12. The SMILES string of the molecule is FC(F)(F)c1ccc(Nc2ccc(Cl)nn2)cc1. The molecule has 1 N–H and O–H groups in total. The lowest BCUT2D eigenvalue weighted by Crippen LogP contribution is -2.04. The van der Waals surface area contributed by atoms with E-state index in [0.717, 1.165) is 12.1 Å². The first-order valence-corrected chi connectivity index (χ1v) is 5.26. The summed E-state index contributed by atoms with van der Waals surface area (Å²) in [5.41, 5.74) is -0.213. The van der Waals surface area contributed by atoms with Gasteiger partial charge in [-0.3, -0.25) is 0 Å². The lowest BCUT2D eigenvalue weighted by Gasteiger charge is -2.08. The molecule has 0 aliphatic carbocycles. The van der Waals surface area contributed by atoms with E-state index in [1.165, 1.54) is 18.2 Å². The van der Waals surface area contributed by atoms with E-state index < -0.39 is 11.7 Å². The number of benzene rings is 1. The predicted molar refractivity (Wildman–Crippen MR) is 61.8 cm³/mol. The molecule has 0 saturated heterocycles. The molecule has 7 heteroatoms. The molecule has 0 aliphatic heterocycles. The Bertz CT molecular complexity index is 523. The van der Waals surface area contributed by atoms with Crippen LogP contribution in [0, 0.1) is 0 Å². The van der Waals surface area contributed by atoms with Crippen molar-refractivity contribution < 1.29 is 13.2 Å². The van der Waals surface area contributed by atoms with Crippen molar-refractivity contribution in [3.8, 4) is 0 Å². The van der Waals surface area contributed by atoms with Gasteiger partial charge in [-0.05, 0) is 36.4 Å². The standard InChI is InChI=1S/C11H7ClF3N3/c12-9-5-6-10(18-17-9)16-8-3-1-7(2-4-8)11(13,14)15/h1-6H,(H,16,18). The normalized spacial score (nSPS) is 11.3. The van der Waals surface area contributed by atoms with Crippen molar-refractivity contribution in [2.75, 3.05) is 5.32 Å². The molecule has 18 heavy (non-hydrogen) atoms. The summed E-state index contributed by atoms with van der Waals surface area (Å²) in [4.78, 5) is 0. The molecule has 0 radical (unpaired) electrons. The summed E-state index contributed by atoms with van der Waals surface area (Å²) in [5.74, 6) is 0.402. The Morgan fingerprint density at radius 2 is 1.61 bits per heavy atom. The van der Waals surface area contributed by atoms with E-state index >= 15 is 0 Å². The Morgan fingerprint density at radius 3 is 2.11 bits per heavy atom. The van der Waals surface area contributed by atoms with Gasteiger partial charge in [-0.1, -0.05) is 11.6 Å². The highest BCUT2D eigenvalue weighted by atomic mass is 35.5. The molecule has 2 rings (SSSR count). The van der Waals surface area contributed by atoms with Gasteiger partial charge in [0.05, 0.1) is 5.56 Å². The monoisotopic (exact) mass is 273 g/mol. The molecule has 0 fully saturated rings. The van der Waals surface area contributed by atoms with Crippen molar-refractivity contribution in [2.24, 2.45) is 0 Å². The zero-order valence-electron chi connectivity index (χ0n) is 8.87. The summed E-state index contributed by atoms with van der Waals surface area (Å²) in [5, 5.41) is 10.4. The molecule has 0 unspecified atom stereocenters. The van der Waals surface area contributed by atoms with E-state index in [2.05, 4.69) is 15.5 Å². The van der Waals surface area contributed by atoms with Crippen LogP contribution in [0.1, 0.15) is 5.56 Å². The highest BCUT2D eigenvalue weighted by Crippen LogP contribution is 2.30. The van der Waals surface area contributed by atoms with Crippen molar-refractivity contribution >= 4 is 23.1 Å². The number of nitrogens with zero attached hydrogens (tertiary/aromatic N) is 2. The smallest absolute Gasteiger partial charge is 0.339 e. The minimum Gasteiger partial charge on any atom is -0.339 e. The van der Waals surface area contributed by atoms with Crippen LogP contribution < -0.4 is 5.32 Å². The summed E-state index contributed by atoms with van der Waals surface area (Å²) < 4.78 is 37.0. The average Bonchev–Trinajstić information content (AvgIpc) is 2.32. The second kappa shape index (κ2) is 4.81. The topological polar surface area (TPSA) is 37.8 Å². The van der Waals surface area contributed by atoms with E-state index in [4.69, 9.17) is 11.6 Å². The van der Waals surface area contributed by atoms with Crippen molar-refractivity contribution in [3.63, 3.8) is 0 Å². The van der Waals surface area contributed by atoms with Gasteiger partial charge >= 0.3 is 6.18 Å². The Labute approximate surface area is 106 Å². The Balaban J connectivity index is 2.13. The third-order valence-corrected chi connectivity index (χ3v) is 2.32. The fourth-order valence-electron chi connectivity index (χ4n) is 1.27. The maximum Gasteiger partial charge on any atom is 0.416 e. The number of halogens is 4. The first kappa shape index (κ1) is 12.6. The molecule has 0 spiro atoms. The number of hydrogen-bond donors (Lipinski definition) is 1. The lowest BCUT2D eigenvalue weighted by atomic mass is 10.2. The molecule has 1 aromatic carbocycles. The summed E-state index contributed by atoms with van der Waals surface area (Å²) >= 11 is 5.56. The lowest BCUT2D eigenvalue weighted by molar-refractivity contribution is -0.137. The van der Waals surface area contributed by atoms with E-state index in [-0.39, 0.29) is 5.15 Å². The highest BCUT2D eigenvalue weighted by Gasteiger charge is 2.29. The quantitative estimate of drug-likeness (QED) is 0.902. The number of alkyl halides is 3. The fraction of sp³-hybridized carbons (Fsp3) is 0.0909. The van der Waals surface area contributed by atoms with Crippen LogP contribution in [0.25, 0.3) is 0 Å². The molecule has 1 aromatic heterocycles. The number of aromatic nitrogens is 2. The van der Waals surface area contributed by atoms with Gasteiger partial charge in [-0.15, -0.1) is 10.2 Å². The second-order valence-electron chi connectivity index (χ2n) is 3.44. The zero-order valence-corrected chi connectivity index (χ0v) is 9.63. The second-order valence-corrected chi connectivity index (χ2v) is 3.83. The van der Waals surface area contributed by atoms with Gasteiger partial charge in [0.2, 0.25) is 0 Å². The third kappa shape index (κ3) is 3.10. The van der Waals surface area contributed by atoms with Crippen molar-refractivity contribution in [2.45, 2.75) is 6.18 Å². The average molecular weight is 274 g/mol. The van der Waals surface area contributed by atoms with Gasteiger partial charge in [0.15, 0.2) is 11.0 Å². The van der Waals surface area contributed by atoms with E-state index in [1.54, 1.807) is 6.07 Å². The molecule has 2 aromatic rings. The molecule has 0 bridgehead atoms. The Morgan fingerprint density at radius 1 is 0.944 bits per heavy atom. The maximum absolute atomic E-state index is 12.3. The van der Waals surface area contributed by atoms with Crippen LogP contribution in [0.3, 0.4) is 0 Å². The van der Waals surface area contributed by atoms with Gasteiger partial charge in [0.1, 0.15) is 0 Å². The van der Waals surface area contributed by atoms with Gasteiger partial charge in [-0.25, -0.2) is 0 Å². The highest BCUT2D eigenvalue weighted by molar-refractivity contribution is 6.29. The number of hydrogen-bond acceptors (Lipinski definition) is 3. The molecular weight excluding hydrogens is 267 g/mol. The minimum absolute atomic E-state index is 0.243. The number of nitrogens with one attached hydrogen (secondary N) is 1. The van der Waals surface area contributed by atoms with E-state index in [0.29, 0.717) is 11.5 Å². The summed E-state index contributed by atoms with van der Waals surface area (Å²) in [6, 6.07) is 7.73. The van der Waals surface area contributed by atoms with Crippen LogP contribution in [0.4, 0.5) is 24.7 Å².